The molecule has 0 saturated carbocycles. The number of hydrogen-bond donors (Lipinski definition) is 2. The minimum Gasteiger partial charge on any atom is -0.379 e. The van der Waals surface area contributed by atoms with Crippen LogP contribution in [0.5, 0.6) is 0 Å². The average molecular weight is 637 g/mol. The second-order valence-electron chi connectivity index (χ2n) is 11.3. The Labute approximate surface area is 268 Å². The zero-order valence-electron chi connectivity index (χ0n) is 25.0. The van der Waals surface area contributed by atoms with Gasteiger partial charge in [0.05, 0.1) is 35.4 Å². The molecule has 1 saturated heterocycles. The highest BCUT2D eigenvalue weighted by atomic mass is 35.5. The number of hydrogen-bond acceptors (Lipinski definition) is 7. The van der Waals surface area contributed by atoms with Crippen LogP contribution in [0.1, 0.15) is 24.2 Å². The van der Waals surface area contributed by atoms with Crippen LogP contribution in [0.15, 0.2) is 94.9 Å². The number of benzene rings is 3. The lowest BCUT2D eigenvalue weighted by Crippen LogP contribution is -2.35. The van der Waals surface area contributed by atoms with Crippen molar-refractivity contribution >= 4 is 39.2 Å². The molecule has 1 aliphatic rings. The molecule has 9 nitrogen and oxygen atoms in total. The molecule has 0 radical (unpaired) electrons. The van der Waals surface area contributed by atoms with Gasteiger partial charge in [0.1, 0.15) is 29.0 Å². The van der Waals surface area contributed by atoms with E-state index in [1.807, 2.05) is 43.3 Å². The predicted octanol–water partition coefficient (Wildman–Crippen LogP) is 6.09. The minimum atomic E-state index is -0.595. The zero-order chi connectivity index (χ0) is 31.8. The molecule has 3 aromatic carbocycles. The minimum absolute atomic E-state index is 0.253. The van der Waals surface area contributed by atoms with Crippen LogP contribution in [0.2, 0.25) is 5.02 Å². The van der Waals surface area contributed by atoms with Crippen molar-refractivity contribution in [3.63, 3.8) is 0 Å². The van der Waals surface area contributed by atoms with Crippen molar-refractivity contribution in [1.82, 2.24) is 24.4 Å². The van der Waals surface area contributed by atoms with Crippen molar-refractivity contribution in [1.29, 1.82) is 0 Å². The van der Waals surface area contributed by atoms with Gasteiger partial charge in [0.2, 0.25) is 0 Å². The van der Waals surface area contributed by atoms with E-state index in [0.717, 1.165) is 18.7 Å². The first-order valence-corrected chi connectivity index (χ1v) is 15.4. The highest BCUT2D eigenvalue weighted by molar-refractivity contribution is 6.36. The summed E-state index contributed by atoms with van der Waals surface area (Å²) in [5.41, 5.74) is 2.43. The Hall–Kier alpha value is -4.90. The van der Waals surface area contributed by atoms with Crippen molar-refractivity contribution < 1.29 is 9.13 Å². The Kier molecular flexibility index (Phi) is 8.08. The van der Waals surface area contributed by atoms with Gasteiger partial charge in [0.15, 0.2) is 5.43 Å². The fourth-order valence-corrected chi connectivity index (χ4v) is 6.55. The molecule has 4 heterocycles. The van der Waals surface area contributed by atoms with E-state index in [9.17, 15) is 9.59 Å². The predicted molar refractivity (Wildman–Crippen MR) is 178 cm³/mol. The zero-order valence-corrected chi connectivity index (χ0v) is 25.7. The van der Waals surface area contributed by atoms with Gasteiger partial charge < -0.3 is 15.0 Å². The van der Waals surface area contributed by atoms with Crippen molar-refractivity contribution in [3.8, 4) is 16.8 Å². The van der Waals surface area contributed by atoms with Gasteiger partial charge in [-0.1, -0.05) is 60.1 Å². The van der Waals surface area contributed by atoms with Gasteiger partial charge in [-0.3, -0.25) is 19.1 Å². The monoisotopic (exact) mass is 636 g/mol. The van der Waals surface area contributed by atoms with Crippen LogP contribution < -0.4 is 16.3 Å². The van der Waals surface area contributed by atoms with Crippen LogP contribution in [0.4, 0.5) is 10.2 Å². The molecule has 0 bridgehead atoms. The molecule has 0 aliphatic carbocycles. The Bertz CT molecular complexity index is 2190. The number of H-pyrrole nitrogens is 1. The summed E-state index contributed by atoms with van der Waals surface area (Å²) in [6.07, 6.45) is 2.88. The van der Waals surface area contributed by atoms with Crippen LogP contribution >= 0.6 is 11.6 Å². The molecule has 2 N–H and O–H groups in total. The van der Waals surface area contributed by atoms with Crippen LogP contribution in [-0.2, 0) is 11.3 Å². The summed E-state index contributed by atoms with van der Waals surface area (Å²) in [5, 5.41) is 4.69. The number of rotatable bonds is 7. The van der Waals surface area contributed by atoms with Crippen molar-refractivity contribution in [2.24, 2.45) is 0 Å². The number of para-hydroxylation sites is 1. The van der Waals surface area contributed by atoms with E-state index in [2.05, 4.69) is 25.2 Å². The van der Waals surface area contributed by atoms with E-state index in [-0.39, 0.29) is 16.4 Å². The molecule has 46 heavy (non-hydrogen) atoms. The quantitative estimate of drug-likeness (QED) is 0.219. The molecule has 0 spiro atoms. The number of morpholine rings is 1. The topological polar surface area (TPSA) is 105 Å². The second-order valence-corrected chi connectivity index (χ2v) is 11.6. The van der Waals surface area contributed by atoms with Gasteiger partial charge in [-0.05, 0) is 36.2 Å². The molecule has 3 aromatic heterocycles. The molecule has 1 aliphatic heterocycles. The number of aromatic amines is 1. The summed E-state index contributed by atoms with van der Waals surface area (Å²) in [4.78, 5) is 41.1. The summed E-state index contributed by atoms with van der Waals surface area (Å²) in [5.74, 6) is -0.115. The van der Waals surface area contributed by atoms with E-state index in [0.29, 0.717) is 69.5 Å². The number of pyridine rings is 2. The summed E-state index contributed by atoms with van der Waals surface area (Å²) in [6.45, 7) is 5.37. The molecule has 232 valence electrons. The standard InChI is InChI=1S/C35H30ClFN6O3/c1-21(41-34-30-28(44)12-13-38-33(30)39-20-40-34)32-31(36)26-9-5-8-25(29(26)35(45)43(32)23-6-3-2-4-7-23)24-11-10-22(18-27(24)37)19-42-14-16-46-17-15-42/h2-13,18,20-21H,14-17,19H2,1H3,(H2,38,39,40,41,44)/t21-/m0/s1. The first kappa shape index (κ1) is 29.8. The molecule has 7 rings (SSSR count). The number of anilines is 1. The molecule has 1 atom stereocenters. The first-order valence-electron chi connectivity index (χ1n) is 15.0. The molecule has 0 unspecified atom stereocenters. The van der Waals surface area contributed by atoms with E-state index < -0.39 is 11.9 Å². The molecule has 1 fully saturated rings. The van der Waals surface area contributed by atoms with E-state index in [1.165, 1.54) is 24.7 Å². The maximum atomic E-state index is 15.8. The largest absolute Gasteiger partial charge is 0.379 e. The van der Waals surface area contributed by atoms with E-state index >= 15 is 4.39 Å². The lowest BCUT2D eigenvalue weighted by atomic mass is 9.96. The van der Waals surface area contributed by atoms with Crippen LogP contribution in [0.3, 0.4) is 0 Å². The van der Waals surface area contributed by atoms with Crippen molar-refractivity contribution in [2.45, 2.75) is 19.5 Å². The average Bonchev–Trinajstić information content (AvgIpc) is 3.07. The van der Waals surface area contributed by atoms with Crippen LogP contribution in [-0.4, -0.2) is 50.7 Å². The number of ether oxygens (including phenoxy) is 1. The van der Waals surface area contributed by atoms with Gasteiger partial charge in [0, 0.05) is 48.5 Å². The molecule has 11 heteroatoms. The maximum absolute atomic E-state index is 15.8. The summed E-state index contributed by atoms with van der Waals surface area (Å²) < 4.78 is 22.8. The molecule has 6 aromatic rings. The number of nitrogens with zero attached hydrogens (tertiary/aromatic N) is 4. The third-order valence-electron chi connectivity index (χ3n) is 8.34. The molecular weight excluding hydrogens is 607 g/mol. The van der Waals surface area contributed by atoms with Gasteiger partial charge in [0.25, 0.3) is 5.56 Å². The van der Waals surface area contributed by atoms with E-state index in [4.69, 9.17) is 16.3 Å². The SMILES string of the molecule is C[C@H](Nc1ncnc2[nH]ccc(=O)c12)c1c(Cl)c2cccc(-c3ccc(CN4CCOCC4)cc3F)c2c(=O)n1-c1ccccc1. The second kappa shape index (κ2) is 12.5. The smallest absolute Gasteiger partial charge is 0.263 e. The highest BCUT2D eigenvalue weighted by Gasteiger charge is 2.25. The van der Waals surface area contributed by atoms with Gasteiger partial charge in [-0.25, -0.2) is 14.4 Å². The summed E-state index contributed by atoms with van der Waals surface area (Å²) in [6, 6.07) is 20.4. The normalized spacial score (nSPS) is 14.5. The molecular formula is C35H30ClFN6O3. The number of nitrogens with one attached hydrogen (secondary N) is 2. The van der Waals surface area contributed by atoms with Gasteiger partial charge in [-0.15, -0.1) is 0 Å². The summed E-state index contributed by atoms with van der Waals surface area (Å²) in [7, 11) is 0. The fourth-order valence-electron chi connectivity index (χ4n) is 6.15. The van der Waals surface area contributed by atoms with Crippen LogP contribution in [0.25, 0.3) is 38.6 Å². The van der Waals surface area contributed by atoms with Gasteiger partial charge in [-0.2, -0.15) is 0 Å². The van der Waals surface area contributed by atoms with Gasteiger partial charge >= 0.3 is 0 Å². The Balaban J connectivity index is 1.38. The van der Waals surface area contributed by atoms with Crippen LogP contribution in [0, 0.1) is 5.82 Å². The first-order chi connectivity index (χ1) is 22.4. The Morgan fingerprint density at radius 3 is 2.57 bits per heavy atom. The highest BCUT2D eigenvalue weighted by Crippen LogP contribution is 2.37. The lowest BCUT2D eigenvalue weighted by Gasteiger charge is -2.26. The third kappa shape index (κ3) is 5.44. The summed E-state index contributed by atoms with van der Waals surface area (Å²) >= 11 is 7.20. The fraction of sp³-hybridized carbons (Fsp3) is 0.200. The maximum Gasteiger partial charge on any atom is 0.263 e. The Morgan fingerprint density at radius 1 is 0.978 bits per heavy atom. The Morgan fingerprint density at radius 2 is 1.78 bits per heavy atom. The number of halogens is 2. The lowest BCUT2D eigenvalue weighted by molar-refractivity contribution is 0.0341. The van der Waals surface area contributed by atoms with Crippen molar-refractivity contribution in [3.05, 3.63) is 128 Å². The molecule has 0 amide bonds. The third-order valence-corrected chi connectivity index (χ3v) is 8.74. The van der Waals surface area contributed by atoms with Crippen molar-refractivity contribution in [2.75, 3.05) is 31.6 Å². The number of aromatic nitrogens is 4. The van der Waals surface area contributed by atoms with E-state index in [1.54, 1.807) is 28.8 Å². The number of fused-ring (bicyclic) bond motifs is 2.